The van der Waals surface area contributed by atoms with Gasteiger partial charge >= 0.3 is 0 Å². The molecule has 2 fully saturated rings. The van der Waals surface area contributed by atoms with Crippen molar-refractivity contribution in [3.05, 3.63) is 53.6 Å². The van der Waals surface area contributed by atoms with Gasteiger partial charge in [0, 0.05) is 57.4 Å². The topological polar surface area (TPSA) is 62.3 Å². The minimum Gasteiger partial charge on any atom is -0.454 e. The highest BCUT2D eigenvalue weighted by Gasteiger charge is 2.46. The summed E-state index contributed by atoms with van der Waals surface area (Å²) in [4.78, 5) is 31.7. The normalized spacial score (nSPS) is 21.7. The number of fused-ring (bicyclic) bond motifs is 1. The molecule has 31 heavy (non-hydrogen) atoms. The highest BCUT2D eigenvalue weighted by Crippen LogP contribution is 2.50. The van der Waals surface area contributed by atoms with Crippen LogP contribution >= 0.6 is 0 Å². The van der Waals surface area contributed by atoms with Gasteiger partial charge in [0.1, 0.15) is 0 Å². The number of hydrogen-bond donors (Lipinski definition) is 0. The molecule has 1 aliphatic carbocycles. The first kappa shape index (κ1) is 19.7. The highest BCUT2D eigenvalue weighted by atomic mass is 16.7. The van der Waals surface area contributed by atoms with Gasteiger partial charge in [-0.05, 0) is 48.2 Å². The highest BCUT2D eigenvalue weighted by molar-refractivity contribution is 5.95. The number of carbonyl (C=O) groups excluding carboxylic acids is 2. The Labute approximate surface area is 182 Å². The molecule has 2 aromatic rings. The van der Waals surface area contributed by atoms with E-state index < -0.39 is 0 Å². The maximum atomic E-state index is 13.0. The van der Waals surface area contributed by atoms with Crippen LogP contribution in [0.15, 0.2) is 42.5 Å². The average molecular weight is 421 g/mol. The number of anilines is 1. The summed E-state index contributed by atoms with van der Waals surface area (Å²) in [7, 11) is 3.92. The third-order valence-corrected chi connectivity index (χ3v) is 6.42. The van der Waals surface area contributed by atoms with Crippen LogP contribution in [0.3, 0.4) is 0 Å². The van der Waals surface area contributed by atoms with Gasteiger partial charge < -0.3 is 24.2 Å². The molecule has 7 nitrogen and oxygen atoms in total. The molecule has 162 valence electrons. The number of nitrogens with zero attached hydrogens (tertiary/aromatic N) is 3. The monoisotopic (exact) mass is 421 g/mol. The number of piperazine rings is 1. The molecule has 2 aromatic carbocycles. The molecule has 0 spiro atoms. The fourth-order valence-electron chi connectivity index (χ4n) is 4.44. The number of rotatable bonds is 4. The lowest BCUT2D eigenvalue weighted by molar-refractivity contribution is -0.134. The lowest BCUT2D eigenvalue weighted by Gasteiger charge is -2.35. The van der Waals surface area contributed by atoms with Gasteiger partial charge in [-0.15, -0.1) is 0 Å². The van der Waals surface area contributed by atoms with E-state index in [1.54, 1.807) is 0 Å². The van der Waals surface area contributed by atoms with Crippen LogP contribution in [-0.2, 0) is 4.79 Å². The van der Waals surface area contributed by atoms with Crippen LogP contribution in [-0.4, -0.2) is 68.7 Å². The quantitative estimate of drug-likeness (QED) is 0.759. The van der Waals surface area contributed by atoms with E-state index in [4.69, 9.17) is 9.47 Å². The predicted octanol–water partition coefficient (Wildman–Crippen LogP) is 2.57. The van der Waals surface area contributed by atoms with Gasteiger partial charge in [0.2, 0.25) is 12.7 Å². The number of ether oxygens (including phenoxy) is 2. The zero-order valence-corrected chi connectivity index (χ0v) is 17.9. The van der Waals surface area contributed by atoms with Crippen molar-refractivity contribution in [1.29, 1.82) is 0 Å². The Morgan fingerprint density at radius 2 is 1.68 bits per heavy atom. The minimum absolute atomic E-state index is 0.0272. The van der Waals surface area contributed by atoms with E-state index >= 15 is 0 Å². The Bertz CT molecular complexity index is 1010. The van der Waals surface area contributed by atoms with Crippen LogP contribution in [0.5, 0.6) is 11.5 Å². The summed E-state index contributed by atoms with van der Waals surface area (Å²) in [5.41, 5.74) is 2.83. The smallest absolute Gasteiger partial charge is 0.254 e. The Balaban J connectivity index is 1.17. The van der Waals surface area contributed by atoms with Gasteiger partial charge in [-0.2, -0.15) is 0 Å². The van der Waals surface area contributed by atoms with Gasteiger partial charge in [0.05, 0.1) is 0 Å². The molecule has 2 heterocycles. The summed E-state index contributed by atoms with van der Waals surface area (Å²) in [6.45, 7) is 2.56. The maximum Gasteiger partial charge on any atom is 0.254 e. The van der Waals surface area contributed by atoms with Crippen molar-refractivity contribution in [2.24, 2.45) is 5.92 Å². The number of hydrogen-bond acceptors (Lipinski definition) is 5. The van der Waals surface area contributed by atoms with Crippen molar-refractivity contribution in [1.82, 2.24) is 9.80 Å². The second kappa shape index (κ2) is 7.80. The number of carbonyl (C=O) groups is 2. The molecular weight excluding hydrogens is 394 g/mol. The van der Waals surface area contributed by atoms with Gasteiger partial charge in [-0.1, -0.05) is 12.1 Å². The lowest BCUT2D eigenvalue weighted by Crippen LogP contribution is -2.51. The van der Waals surface area contributed by atoms with E-state index in [0.29, 0.717) is 31.7 Å². The molecule has 3 aliphatic rings. The molecule has 7 heteroatoms. The van der Waals surface area contributed by atoms with Crippen LogP contribution in [0.2, 0.25) is 0 Å². The third-order valence-electron chi connectivity index (χ3n) is 6.42. The van der Waals surface area contributed by atoms with Crippen LogP contribution in [0.4, 0.5) is 5.69 Å². The van der Waals surface area contributed by atoms with Crippen molar-refractivity contribution < 1.29 is 19.1 Å². The zero-order chi connectivity index (χ0) is 21.5. The first-order valence-corrected chi connectivity index (χ1v) is 10.8. The van der Waals surface area contributed by atoms with Crippen molar-refractivity contribution in [2.75, 3.05) is 52.0 Å². The Morgan fingerprint density at radius 1 is 0.935 bits per heavy atom. The van der Waals surface area contributed by atoms with E-state index in [1.165, 1.54) is 0 Å². The summed E-state index contributed by atoms with van der Waals surface area (Å²) in [6.07, 6.45) is 0.870. The second-order valence-electron chi connectivity index (χ2n) is 8.62. The Hall–Kier alpha value is -3.22. The summed E-state index contributed by atoms with van der Waals surface area (Å²) in [5.74, 6) is 2.03. The van der Waals surface area contributed by atoms with Gasteiger partial charge in [0.25, 0.3) is 5.91 Å². The fourth-order valence-corrected chi connectivity index (χ4v) is 4.44. The molecule has 2 unspecified atom stereocenters. The van der Waals surface area contributed by atoms with Crippen molar-refractivity contribution in [3.63, 3.8) is 0 Å². The molecule has 2 amide bonds. The van der Waals surface area contributed by atoms with Gasteiger partial charge in [-0.25, -0.2) is 0 Å². The average Bonchev–Trinajstić information content (AvgIpc) is 3.47. The van der Waals surface area contributed by atoms with E-state index in [-0.39, 0.29) is 30.4 Å². The molecule has 2 aliphatic heterocycles. The zero-order valence-electron chi connectivity index (χ0n) is 17.9. The molecule has 1 saturated carbocycles. The van der Waals surface area contributed by atoms with Crippen molar-refractivity contribution >= 4 is 17.5 Å². The van der Waals surface area contributed by atoms with Crippen LogP contribution in [0.25, 0.3) is 0 Å². The molecule has 0 N–H and O–H groups in total. The lowest BCUT2D eigenvalue weighted by atomic mass is 10.1. The molecule has 0 aromatic heterocycles. The Kier molecular flexibility index (Phi) is 4.96. The number of amides is 2. The standard InChI is InChI=1S/C24H27N3O4/c1-25(2)18-5-3-4-17(12-18)23(28)26-8-10-27(11-9-26)24(29)20-14-19(20)16-6-7-21-22(13-16)31-15-30-21/h3-7,12-13,19-20H,8-11,14-15H2,1-2H3. The molecule has 5 rings (SSSR count). The molecule has 0 radical (unpaired) electrons. The summed E-state index contributed by atoms with van der Waals surface area (Å²) in [6, 6.07) is 13.6. The first-order chi connectivity index (χ1) is 15.0. The summed E-state index contributed by atoms with van der Waals surface area (Å²) < 4.78 is 10.8. The molecule has 0 bridgehead atoms. The van der Waals surface area contributed by atoms with E-state index in [2.05, 4.69) is 0 Å². The van der Waals surface area contributed by atoms with Crippen molar-refractivity contribution in [2.45, 2.75) is 12.3 Å². The van der Waals surface area contributed by atoms with E-state index in [1.807, 2.05) is 71.3 Å². The first-order valence-electron chi connectivity index (χ1n) is 10.8. The van der Waals surface area contributed by atoms with E-state index in [9.17, 15) is 9.59 Å². The van der Waals surface area contributed by atoms with Gasteiger partial charge in [0.15, 0.2) is 11.5 Å². The van der Waals surface area contributed by atoms with Crippen molar-refractivity contribution in [3.8, 4) is 11.5 Å². The maximum absolute atomic E-state index is 13.0. The van der Waals surface area contributed by atoms with Crippen LogP contribution < -0.4 is 14.4 Å². The fraction of sp³-hybridized carbons (Fsp3) is 0.417. The molecule has 2 atom stereocenters. The number of benzene rings is 2. The van der Waals surface area contributed by atoms with Gasteiger partial charge in [-0.3, -0.25) is 9.59 Å². The predicted molar refractivity (Wildman–Crippen MR) is 117 cm³/mol. The Morgan fingerprint density at radius 3 is 2.45 bits per heavy atom. The largest absolute Gasteiger partial charge is 0.454 e. The third kappa shape index (κ3) is 3.80. The second-order valence-corrected chi connectivity index (χ2v) is 8.62. The summed E-state index contributed by atoms with van der Waals surface area (Å²) >= 11 is 0. The summed E-state index contributed by atoms with van der Waals surface area (Å²) in [5, 5.41) is 0. The van der Waals surface area contributed by atoms with Crippen LogP contribution in [0.1, 0.15) is 28.3 Å². The minimum atomic E-state index is 0.0272. The molecular formula is C24H27N3O4. The van der Waals surface area contributed by atoms with E-state index in [0.717, 1.165) is 29.2 Å². The van der Waals surface area contributed by atoms with Crippen LogP contribution in [0, 0.1) is 5.92 Å². The molecule has 1 saturated heterocycles. The SMILES string of the molecule is CN(C)c1cccc(C(=O)N2CCN(C(=O)C3CC3c3ccc4c(c3)OCO4)CC2)c1.